The summed E-state index contributed by atoms with van der Waals surface area (Å²) in [6, 6.07) is 13.8. The van der Waals surface area contributed by atoms with Gasteiger partial charge in [-0.2, -0.15) is 0 Å². The maximum absolute atomic E-state index is 6.03. The molecular weight excluding hydrogens is 255 g/mol. The second-order valence-electron chi connectivity index (χ2n) is 3.69. The fourth-order valence-corrected chi connectivity index (χ4v) is 3.41. The lowest BCUT2D eigenvalue weighted by molar-refractivity contribution is 0.404. The monoisotopic (exact) mass is 264 g/mol. The van der Waals surface area contributed by atoms with E-state index in [2.05, 4.69) is 6.07 Å². The van der Waals surface area contributed by atoms with Gasteiger partial charge in [-0.1, -0.05) is 29.8 Å². The van der Waals surface area contributed by atoms with E-state index in [4.69, 9.17) is 20.6 Å². The average molecular weight is 265 g/mol. The molecule has 1 atom stereocenters. The highest BCUT2D eigenvalue weighted by Crippen LogP contribution is 2.49. The van der Waals surface area contributed by atoms with Crippen molar-refractivity contribution < 1.29 is 9.05 Å². The second kappa shape index (κ2) is 4.30. The summed E-state index contributed by atoms with van der Waals surface area (Å²) < 4.78 is 11.3. The summed E-state index contributed by atoms with van der Waals surface area (Å²) in [5.74, 6) is 0.834. The highest BCUT2D eigenvalue weighted by atomic mass is 35.5. The van der Waals surface area contributed by atoms with Gasteiger partial charge in [0.25, 0.3) is 8.38 Å². The molecule has 0 spiro atoms. The Balaban J connectivity index is 2.24. The zero-order valence-electron chi connectivity index (χ0n) is 9.18. The lowest BCUT2D eigenvalue weighted by atomic mass is 10.0. The lowest BCUT2D eigenvalue weighted by Crippen LogP contribution is -2.14. The van der Waals surface area contributed by atoms with Gasteiger partial charge in [0.1, 0.15) is 5.75 Å². The van der Waals surface area contributed by atoms with Gasteiger partial charge in [0.15, 0.2) is 0 Å². The molecule has 4 heteroatoms. The van der Waals surface area contributed by atoms with Crippen LogP contribution in [0.2, 0.25) is 5.02 Å². The van der Waals surface area contributed by atoms with Crippen LogP contribution in [-0.4, -0.2) is 7.11 Å². The Morgan fingerprint density at radius 1 is 1.12 bits per heavy atom. The van der Waals surface area contributed by atoms with E-state index in [0.717, 1.165) is 22.2 Å². The minimum atomic E-state index is -1.02. The minimum Gasteiger partial charge on any atom is -0.443 e. The van der Waals surface area contributed by atoms with Crippen LogP contribution in [0.5, 0.6) is 5.75 Å². The van der Waals surface area contributed by atoms with Gasteiger partial charge in [0, 0.05) is 17.7 Å². The van der Waals surface area contributed by atoms with Crippen molar-refractivity contribution in [3.8, 4) is 16.9 Å². The van der Waals surface area contributed by atoms with E-state index in [-0.39, 0.29) is 0 Å². The molecule has 0 saturated heterocycles. The molecule has 0 aromatic heterocycles. The number of hydrogen-bond donors (Lipinski definition) is 0. The molecule has 2 aromatic rings. The summed E-state index contributed by atoms with van der Waals surface area (Å²) in [4.78, 5) is 0. The predicted molar refractivity (Wildman–Crippen MR) is 71.1 cm³/mol. The number of halogens is 1. The Morgan fingerprint density at radius 3 is 2.76 bits per heavy atom. The Kier molecular flexibility index (Phi) is 2.79. The quantitative estimate of drug-likeness (QED) is 0.725. The van der Waals surface area contributed by atoms with E-state index in [0.29, 0.717) is 5.02 Å². The highest BCUT2D eigenvalue weighted by molar-refractivity contribution is 7.56. The third kappa shape index (κ3) is 1.83. The van der Waals surface area contributed by atoms with Gasteiger partial charge in [-0.15, -0.1) is 0 Å². The molecule has 3 rings (SSSR count). The summed E-state index contributed by atoms with van der Waals surface area (Å²) >= 11 is 6.03. The number of hydrogen-bond acceptors (Lipinski definition) is 2. The van der Waals surface area contributed by atoms with Crippen LogP contribution in [0.25, 0.3) is 11.1 Å². The first-order valence-electron chi connectivity index (χ1n) is 5.21. The van der Waals surface area contributed by atoms with Crippen LogP contribution < -0.4 is 9.83 Å². The van der Waals surface area contributed by atoms with Crippen molar-refractivity contribution in [1.29, 1.82) is 0 Å². The maximum atomic E-state index is 6.03. The third-order valence-corrected chi connectivity index (χ3v) is 4.39. The van der Waals surface area contributed by atoms with Crippen molar-refractivity contribution in [2.45, 2.75) is 0 Å². The van der Waals surface area contributed by atoms with Gasteiger partial charge in [0.05, 0.1) is 5.30 Å². The molecule has 0 N–H and O–H groups in total. The van der Waals surface area contributed by atoms with Crippen LogP contribution in [0.4, 0.5) is 0 Å². The van der Waals surface area contributed by atoms with Crippen molar-refractivity contribution in [3.63, 3.8) is 0 Å². The first kappa shape index (κ1) is 11.0. The Bertz CT molecular complexity index is 571. The highest BCUT2D eigenvalue weighted by Gasteiger charge is 2.26. The van der Waals surface area contributed by atoms with Crippen molar-refractivity contribution in [2.75, 3.05) is 7.11 Å². The molecule has 0 aliphatic carbocycles. The lowest BCUT2D eigenvalue weighted by Gasteiger charge is -2.26. The predicted octanol–water partition coefficient (Wildman–Crippen LogP) is 3.98. The molecule has 2 nitrogen and oxygen atoms in total. The standard InChI is InChI=1S/C13H10ClO2P/c1-15-17-13-5-3-2-4-10(13)11-8-9(14)6-7-12(11)16-17/h2-8H,1H3. The summed E-state index contributed by atoms with van der Waals surface area (Å²) in [6.07, 6.45) is 0. The van der Waals surface area contributed by atoms with E-state index < -0.39 is 8.38 Å². The van der Waals surface area contributed by atoms with Gasteiger partial charge in [-0.05, 0) is 29.8 Å². The first-order chi connectivity index (χ1) is 8.29. The maximum Gasteiger partial charge on any atom is 0.265 e. The number of fused-ring (bicyclic) bond motifs is 3. The fourth-order valence-electron chi connectivity index (χ4n) is 1.93. The van der Waals surface area contributed by atoms with E-state index >= 15 is 0 Å². The largest absolute Gasteiger partial charge is 0.443 e. The Morgan fingerprint density at radius 2 is 1.94 bits per heavy atom. The Labute approximate surface area is 106 Å². The van der Waals surface area contributed by atoms with E-state index in [1.807, 2.05) is 36.4 Å². The van der Waals surface area contributed by atoms with Crippen LogP contribution in [-0.2, 0) is 4.52 Å². The van der Waals surface area contributed by atoms with Gasteiger partial charge >= 0.3 is 0 Å². The van der Waals surface area contributed by atoms with Crippen LogP contribution in [0, 0.1) is 0 Å². The third-order valence-electron chi connectivity index (χ3n) is 2.68. The zero-order chi connectivity index (χ0) is 11.8. The van der Waals surface area contributed by atoms with Gasteiger partial charge in [-0.3, -0.25) is 0 Å². The van der Waals surface area contributed by atoms with Crippen LogP contribution >= 0.6 is 20.0 Å². The minimum absolute atomic E-state index is 0.714. The molecule has 0 bridgehead atoms. The van der Waals surface area contributed by atoms with E-state index in [1.54, 1.807) is 7.11 Å². The van der Waals surface area contributed by atoms with Crippen LogP contribution in [0.15, 0.2) is 42.5 Å². The topological polar surface area (TPSA) is 18.5 Å². The summed E-state index contributed by atoms with van der Waals surface area (Å²) in [7, 11) is 0.645. The van der Waals surface area contributed by atoms with Crippen LogP contribution in [0.1, 0.15) is 0 Å². The molecule has 2 aromatic carbocycles. The molecule has 86 valence electrons. The molecule has 1 unspecified atom stereocenters. The number of rotatable bonds is 1. The van der Waals surface area contributed by atoms with Gasteiger partial charge in [0.2, 0.25) is 0 Å². The summed E-state index contributed by atoms with van der Waals surface area (Å²) in [5.41, 5.74) is 2.17. The van der Waals surface area contributed by atoms with Crippen molar-refractivity contribution in [2.24, 2.45) is 0 Å². The fraction of sp³-hybridized carbons (Fsp3) is 0.0769. The second-order valence-corrected chi connectivity index (χ2v) is 5.67. The number of benzene rings is 2. The molecule has 0 fully saturated rings. The molecule has 1 aliphatic rings. The zero-order valence-corrected chi connectivity index (χ0v) is 10.8. The molecule has 1 aliphatic heterocycles. The van der Waals surface area contributed by atoms with Crippen molar-refractivity contribution in [3.05, 3.63) is 47.5 Å². The molecular formula is C13H10ClO2P. The van der Waals surface area contributed by atoms with Gasteiger partial charge in [-0.25, -0.2) is 0 Å². The summed E-state index contributed by atoms with van der Waals surface area (Å²) in [5, 5.41) is 1.81. The molecule has 0 radical (unpaired) electrons. The smallest absolute Gasteiger partial charge is 0.265 e. The molecule has 17 heavy (non-hydrogen) atoms. The SMILES string of the molecule is COP1Oc2ccc(Cl)cc2-c2ccccc21. The van der Waals surface area contributed by atoms with Gasteiger partial charge < -0.3 is 9.05 Å². The average Bonchev–Trinajstić information content (AvgIpc) is 2.38. The normalized spacial score (nSPS) is 16.9. The van der Waals surface area contributed by atoms with Crippen molar-refractivity contribution in [1.82, 2.24) is 0 Å². The van der Waals surface area contributed by atoms with Crippen LogP contribution in [0.3, 0.4) is 0 Å². The Hall–Kier alpha value is -1.08. The molecule has 1 heterocycles. The van der Waals surface area contributed by atoms with E-state index in [9.17, 15) is 0 Å². The van der Waals surface area contributed by atoms with E-state index in [1.165, 1.54) is 0 Å². The molecule has 0 saturated carbocycles. The first-order valence-corrected chi connectivity index (χ1v) is 6.76. The summed E-state index contributed by atoms with van der Waals surface area (Å²) in [6.45, 7) is 0. The molecule has 0 amide bonds. The van der Waals surface area contributed by atoms with Crippen molar-refractivity contribution >= 4 is 25.3 Å².